The number of phenols is 1. The highest BCUT2D eigenvalue weighted by Gasteiger charge is 2.18. The molecule has 1 aromatic rings. The number of phenolic OH excluding ortho intramolecular Hbond substituents is 1. The molecule has 0 heterocycles. The van der Waals surface area contributed by atoms with Gasteiger partial charge in [0, 0.05) is 5.56 Å². The van der Waals surface area contributed by atoms with Crippen LogP contribution in [0.15, 0.2) is 18.2 Å². The quantitative estimate of drug-likeness (QED) is 0.798. The van der Waals surface area contributed by atoms with E-state index in [1.54, 1.807) is 6.07 Å². The number of hydrogen-bond donors (Lipinski definition) is 1. The Labute approximate surface area is 84.5 Å². The predicted molar refractivity (Wildman–Crippen MR) is 55.7 cm³/mol. The minimum Gasteiger partial charge on any atom is -0.508 e. The Bertz CT molecular complexity index is 316. The van der Waals surface area contributed by atoms with E-state index in [4.69, 9.17) is 4.74 Å². The van der Waals surface area contributed by atoms with Crippen LogP contribution >= 0.6 is 0 Å². The van der Waals surface area contributed by atoms with Crippen molar-refractivity contribution in [3.05, 3.63) is 23.8 Å². The van der Waals surface area contributed by atoms with Crippen LogP contribution in [0.2, 0.25) is 0 Å². The fraction of sp³-hybridized carbons (Fsp3) is 0.500. The molecule has 0 radical (unpaired) electrons. The molecule has 1 aliphatic rings. The normalized spacial score (nSPS) is 16.4. The van der Waals surface area contributed by atoms with Gasteiger partial charge < -0.3 is 9.84 Å². The molecule has 2 rings (SSSR count). The summed E-state index contributed by atoms with van der Waals surface area (Å²) in [6.07, 6.45) is 3.92. The highest BCUT2D eigenvalue weighted by molar-refractivity contribution is 5.42. The summed E-state index contributed by atoms with van der Waals surface area (Å²) in [6.45, 7) is 2.68. The highest BCUT2D eigenvalue weighted by Crippen LogP contribution is 2.30. The summed E-state index contributed by atoms with van der Waals surface area (Å²) in [5, 5.41) is 9.46. The predicted octanol–water partition coefficient (Wildman–Crippen LogP) is 2.88. The molecule has 1 saturated carbocycles. The molecule has 2 nitrogen and oxygen atoms in total. The van der Waals surface area contributed by atoms with Crippen molar-refractivity contribution in [2.75, 3.05) is 6.61 Å². The Morgan fingerprint density at radius 3 is 2.86 bits per heavy atom. The molecule has 1 fully saturated rings. The van der Waals surface area contributed by atoms with Gasteiger partial charge in [-0.2, -0.15) is 0 Å². The van der Waals surface area contributed by atoms with Crippen molar-refractivity contribution in [1.29, 1.82) is 0 Å². The summed E-state index contributed by atoms with van der Waals surface area (Å²) >= 11 is 0. The van der Waals surface area contributed by atoms with Crippen molar-refractivity contribution in [2.24, 2.45) is 5.92 Å². The second-order valence-electron chi connectivity index (χ2n) is 4.01. The van der Waals surface area contributed by atoms with E-state index in [0.717, 1.165) is 23.8 Å². The summed E-state index contributed by atoms with van der Waals surface area (Å²) in [5.41, 5.74) is 0.840. The summed E-state index contributed by atoms with van der Waals surface area (Å²) < 4.78 is 5.66. The van der Waals surface area contributed by atoms with Gasteiger partial charge in [0.15, 0.2) is 0 Å². The smallest absolute Gasteiger partial charge is 0.125 e. The Hall–Kier alpha value is -1.18. The molecular weight excluding hydrogens is 176 g/mol. The lowest BCUT2D eigenvalue weighted by Crippen LogP contribution is -2.19. The fourth-order valence-corrected chi connectivity index (χ4v) is 1.63. The largest absolute Gasteiger partial charge is 0.508 e. The van der Waals surface area contributed by atoms with Crippen LogP contribution in [-0.4, -0.2) is 11.7 Å². The molecule has 0 atom stereocenters. The molecule has 0 aromatic heterocycles. The molecule has 0 saturated heterocycles. The SMILES string of the molecule is Cc1c(O)cccc1OCC1CCC1. The van der Waals surface area contributed by atoms with Gasteiger partial charge in [0.25, 0.3) is 0 Å². The lowest BCUT2D eigenvalue weighted by Gasteiger charge is -2.25. The lowest BCUT2D eigenvalue weighted by molar-refractivity contribution is 0.179. The number of aromatic hydroxyl groups is 1. The van der Waals surface area contributed by atoms with Crippen molar-refractivity contribution in [1.82, 2.24) is 0 Å². The Kier molecular flexibility index (Phi) is 2.62. The molecule has 0 spiro atoms. The Morgan fingerprint density at radius 2 is 2.21 bits per heavy atom. The van der Waals surface area contributed by atoms with Crippen molar-refractivity contribution in [3.8, 4) is 11.5 Å². The Morgan fingerprint density at radius 1 is 1.43 bits per heavy atom. The first-order chi connectivity index (χ1) is 6.77. The van der Waals surface area contributed by atoms with Crippen molar-refractivity contribution < 1.29 is 9.84 Å². The van der Waals surface area contributed by atoms with Crippen LogP contribution in [-0.2, 0) is 0 Å². The average Bonchev–Trinajstić information content (AvgIpc) is 2.09. The molecular formula is C12H16O2. The number of ether oxygens (including phenoxy) is 1. The number of benzene rings is 1. The van der Waals surface area contributed by atoms with Gasteiger partial charge in [-0.05, 0) is 37.8 Å². The zero-order valence-electron chi connectivity index (χ0n) is 8.49. The molecule has 0 aliphatic heterocycles. The fourth-order valence-electron chi connectivity index (χ4n) is 1.63. The van der Waals surface area contributed by atoms with Crippen LogP contribution in [0.25, 0.3) is 0 Å². The summed E-state index contributed by atoms with van der Waals surface area (Å²) in [4.78, 5) is 0. The van der Waals surface area contributed by atoms with E-state index in [9.17, 15) is 5.11 Å². The summed E-state index contributed by atoms with van der Waals surface area (Å²) in [7, 11) is 0. The molecule has 1 aliphatic carbocycles. The average molecular weight is 192 g/mol. The first-order valence-corrected chi connectivity index (χ1v) is 5.19. The van der Waals surface area contributed by atoms with Crippen LogP contribution in [0, 0.1) is 12.8 Å². The van der Waals surface area contributed by atoms with Crippen LogP contribution in [0.5, 0.6) is 11.5 Å². The van der Waals surface area contributed by atoms with E-state index in [1.807, 2.05) is 19.1 Å². The van der Waals surface area contributed by atoms with Crippen LogP contribution in [0.1, 0.15) is 24.8 Å². The molecule has 0 bridgehead atoms. The van der Waals surface area contributed by atoms with E-state index in [-0.39, 0.29) is 0 Å². The van der Waals surface area contributed by atoms with Gasteiger partial charge in [-0.15, -0.1) is 0 Å². The van der Waals surface area contributed by atoms with Crippen molar-refractivity contribution >= 4 is 0 Å². The summed E-state index contributed by atoms with van der Waals surface area (Å²) in [6, 6.07) is 5.41. The molecule has 76 valence electrons. The van der Waals surface area contributed by atoms with Gasteiger partial charge in [0.1, 0.15) is 11.5 Å². The molecule has 0 unspecified atom stereocenters. The maximum Gasteiger partial charge on any atom is 0.125 e. The zero-order valence-corrected chi connectivity index (χ0v) is 8.49. The number of rotatable bonds is 3. The third kappa shape index (κ3) is 1.84. The molecule has 1 aromatic carbocycles. The minimum atomic E-state index is 0.316. The first kappa shape index (κ1) is 9.38. The van der Waals surface area contributed by atoms with Gasteiger partial charge in [-0.1, -0.05) is 12.5 Å². The van der Waals surface area contributed by atoms with E-state index in [0.29, 0.717) is 5.75 Å². The van der Waals surface area contributed by atoms with E-state index in [1.165, 1.54) is 19.3 Å². The summed E-state index contributed by atoms with van der Waals surface area (Å²) in [5.74, 6) is 1.87. The second kappa shape index (κ2) is 3.91. The lowest BCUT2D eigenvalue weighted by atomic mass is 9.86. The van der Waals surface area contributed by atoms with Gasteiger partial charge in [-0.3, -0.25) is 0 Å². The van der Waals surface area contributed by atoms with Gasteiger partial charge in [0.05, 0.1) is 6.61 Å². The molecule has 1 N–H and O–H groups in total. The van der Waals surface area contributed by atoms with E-state index < -0.39 is 0 Å². The highest BCUT2D eigenvalue weighted by atomic mass is 16.5. The molecule has 14 heavy (non-hydrogen) atoms. The van der Waals surface area contributed by atoms with Crippen LogP contribution in [0.4, 0.5) is 0 Å². The van der Waals surface area contributed by atoms with Crippen molar-refractivity contribution in [3.63, 3.8) is 0 Å². The maximum absolute atomic E-state index is 9.46. The zero-order chi connectivity index (χ0) is 9.97. The molecule has 2 heteroatoms. The van der Waals surface area contributed by atoms with E-state index >= 15 is 0 Å². The third-order valence-electron chi connectivity index (χ3n) is 2.95. The molecule has 0 amide bonds. The second-order valence-corrected chi connectivity index (χ2v) is 4.01. The van der Waals surface area contributed by atoms with Gasteiger partial charge >= 0.3 is 0 Å². The maximum atomic E-state index is 9.46. The van der Waals surface area contributed by atoms with Crippen molar-refractivity contribution in [2.45, 2.75) is 26.2 Å². The number of hydrogen-bond acceptors (Lipinski definition) is 2. The Balaban J connectivity index is 1.97. The monoisotopic (exact) mass is 192 g/mol. The van der Waals surface area contributed by atoms with E-state index in [2.05, 4.69) is 0 Å². The minimum absolute atomic E-state index is 0.316. The first-order valence-electron chi connectivity index (χ1n) is 5.19. The van der Waals surface area contributed by atoms with Crippen LogP contribution in [0.3, 0.4) is 0 Å². The topological polar surface area (TPSA) is 29.5 Å². The van der Waals surface area contributed by atoms with Crippen LogP contribution < -0.4 is 4.74 Å². The standard InChI is InChI=1S/C12H16O2/c1-9-11(13)6-3-7-12(9)14-8-10-4-2-5-10/h3,6-7,10,13H,2,4-5,8H2,1H3. The third-order valence-corrected chi connectivity index (χ3v) is 2.95. The van der Waals surface area contributed by atoms with Gasteiger partial charge in [0.2, 0.25) is 0 Å². The van der Waals surface area contributed by atoms with Gasteiger partial charge in [-0.25, -0.2) is 0 Å².